The summed E-state index contributed by atoms with van der Waals surface area (Å²) in [6.07, 6.45) is 3.87. The summed E-state index contributed by atoms with van der Waals surface area (Å²) in [5.74, 6) is 2.24. The van der Waals surface area contributed by atoms with Crippen molar-refractivity contribution in [2.45, 2.75) is 32.9 Å². The van der Waals surface area contributed by atoms with Gasteiger partial charge in [-0.2, -0.15) is 0 Å². The number of pyridine rings is 1. The van der Waals surface area contributed by atoms with Crippen LogP contribution in [0, 0.1) is 0 Å². The number of aliphatic imine (C=N–C) groups is 1. The second kappa shape index (κ2) is 13.2. The van der Waals surface area contributed by atoms with Crippen molar-refractivity contribution in [3.05, 3.63) is 53.7 Å². The maximum absolute atomic E-state index is 5.78. The minimum absolute atomic E-state index is 0. The maximum atomic E-state index is 5.78. The van der Waals surface area contributed by atoms with Crippen LogP contribution < -0.4 is 20.1 Å². The van der Waals surface area contributed by atoms with Gasteiger partial charge in [-0.05, 0) is 18.6 Å². The zero-order valence-corrected chi connectivity index (χ0v) is 18.5. The standard InChI is InChI=1S/C20H28N4O2.HI/c1-4-5-13-26-19-17(10-8-12-22-19)15-24-20(21-2)23-14-16-9-6-7-11-18(16)25-3;/h6-12H,4-5,13-15H2,1-3H3,(H2,21,23,24);1H. The molecule has 1 heterocycles. The number of halogens is 1. The van der Waals surface area contributed by atoms with E-state index in [2.05, 4.69) is 27.5 Å². The quantitative estimate of drug-likeness (QED) is 0.246. The Morgan fingerprint density at radius 1 is 1.07 bits per heavy atom. The summed E-state index contributed by atoms with van der Waals surface area (Å²) >= 11 is 0. The van der Waals surface area contributed by atoms with Gasteiger partial charge in [0, 0.05) is 37.5 Å². The van der Waals surface area contributed by atoms with Gasteiger partial charge in [0.15, 0.2) is 5.96 Å². The topological polar surface area (TPSA) is 67.8 Å². The fourth-order valence-electron chi connectivity index (χ4n) is 2.43. The highest BCUT2D eigenvalue weighted by atomic mass is 127. The molecule has 2 N–H and O–H groups in total. The molecule has 0 atom stereocenters. The van der Waals surface area contributed by atoms with E-state index in [0.29, 0.717) is 31.5 Å². The highest BCUT2D eigenvalue weighted by Crippen LogP contribution is 2.17. The molecule has 6 nitrogen and oxygen atoms in total. The number of benzene rings is 1. The summed E-state index contributed by atoms with van der Waals surface area (Å²) in [6, 6.07) is 11.8. The molecule has 0 spiro atoms. The van der Waals surface area contributed by atoms with Crippen molar-refractivity contribution in [1.29, 1.82) is 0 Å². The lowest BCUT2D eigenvalue weighted by Crippen LogP contribution is -2.36. The summed E-state index contributed by atoms with van der Waals surface area (Å²) < 4.78 is 11.2. The first-order valence-electron chi connectivity index (χ1n) is 8.91. The van der Waals surface area contributed by atoms with E-state index in [1.807, 2.05) is 36.4 Å². The number of ether oxygens (including phenoxy) is 2. The Hall–Kier alpha value is -2.03. The van der Waals surface area contributed by atoms with Gasteiger partial charge in [-0.15, -0.1) is 24.0 Å². The highest BCUT2D eigenvalue weighted by molar-refractivity contribution is 14.0. The third-order valence-electron chi connectivity index (χ3n) is 3.90. The lowest BCUT2D eigenvalue weighted by Gasteiger charge is -2.15. The first kappa shape index (κ1) is 23.0. The van der Waals surface area contributed by atoms with E-state index >= 15 is 0 Å². The van der Waals surface area contributed by atoms with Crippen LogP contribution in [-0.4, -0.2) is 31.7 Å². The third kappa shape index (κ3) is 7.62. The summed E-state index contributed by atoms with van der Waals surface area (Å²) in [4.78, 5) is 8.60. The number of rotatable bonds is 9. The second-order valence-corrected chi connectivity index (χ2v) is 5.76. The molecular weight excluding hydrogens is 455 g/mol. The number of nitrogens with one attached hydrogen (secondary N) is 2. The number of methoxy groups -OCH3 is 1. The fraction of sp³-hybridized carbons (Fsp3) is 0.400. The Morgan fingerprint density at radius 2 is 1.78 bits per heavy atom. The Kier molecular flexibility index (Phi) is 11.2. The van der Waals surface area contributed by atoms with Crippen LogP contribution in [0.1, 0.15) is 30.9 Å². The molecule has 148 valence electrons. The largest absolute Gasteiger partial charge is 0.496 e. The molecule has 0 aliphatic rings. The van der Waals surface area contributed by atoms with Crippen molar-refractivity contribution in [2.24, 2.45) is 4.99 Å². The summed E-state index contributed by atoms with van der Waals surface area (Å²) in [5.41, 5.74) is 2.08. The van der Waals surface area contributed by atoms with Crippen molar-refractivity contribution in [3.63, 3.8) is 0 Å². The van der Waals surface area contributed by atoms with Crippen molar-refractivity contribution in [2.75, 3.05) is 20.8 Å². The van der Waals surface area contributed by atoms with Crippen LogP contribution in [0.15, 0.2) is 47.6 Å². The fourth-order valence-corrected chi connectivity index (χ4v) is 2.43. The Morgan fingerprint density at radius 3 is 2.48 bits per heavy atom. The van der Waals surface area contributed by atoms with Crippen molar-refractivity contribution in [1.82, 2.24) is 15.6 Å². The Balaban J connectivity index is 0.00000364. The molecule has 0 unspecified atom stereocenters. The lowest BCUT2D eigenvalue weighted by molar-refractivity contribution is 0.294. The molecular formula is C20H29IN4O2. The second-order valence-electron chi connectivity index (χ2n) is 5.76. The van der Waals surface area contributed by atoms with Crippen LogP contribution >= 0.6 is 24.0 Å². The number of nitrogens with zero attached hydrogens (tertiary/aromatic N) is 2. The van der Waals surface area contributed by atoms with Gasteiger partial charge < -0.3 is 20.1 Å². The molecule has 0 saturated carbocycles. The van der Waals surface area contributed by atoms with E-state index in [4.69, 9.17) is 9.47 Å². The van der Waals surface area contributed by atoms with Gasteiger partial charge in [-0.3, -0.25) is 4.99 Å². The Labute approximate surface area is 178 Å². The van der Waals surface area contributed by atoms with Crippen LogP contribution in [-0.2, 0) is 13.1 Å². The predicted molar refractivity (Wildman–Crippen MR) is 120 cm³/mol. The third-order valence-corrected chi connectivity index (χ3v) is 3.90. The Bertz CT molecular complexity index is 710. The maximum Gasteiger partial charge on any atom is 0.218 e. The molecule has 0 aliphatic carbocycles. The lowest BCUT2D eigenvalue weighted by atomic mass is 10.2. The van der Waals surface area contributed by atoms with E-state index in [0.717, 1.165) is 29.7 Å². The van der Waals surface area contributed by atoms with Crippen LogP contribution in [0.4, 0.5) is 0 Å². The smallest absolute Gasteiger partial charge is 0.218 e. The van der Waals surface area contributed by atoms with E-state index in [-0.39, 0.29) is 24.0 Å². The first-order valence-corrected chi connectivity index (χ1v) is 8.91. The number of hydrogen-bond donors (Lipinski definition) is 2. The van der Waals surface area contributed by atoms with Gasteiger partial charge in [0.25, 0.3) is 0 Å². The van der Waals surface area contributed by atoms with E-state index in [1.165, 1.54) is 0 Å². The van der Waals surface area contributed by atoms with Gasteiger partial charge >= 0.3 is 0 Å². The number of para-hydroxylation sites is 1. The minimum atomic E-state index is 0. The molecule has 0 amide bonds. The minimum Gasteiger partial charge on any atom is -0.496 e. The van der Waals surface area contributed by atoms with Gasteiger partial charge in [0.2, 0.25) is 5.88 Å². The molecule has 2 aromatic rings. The van der Waals surface area contributed by atoms with Gasteiger partial charge in [-0.25, -0.2) is 4.98 Å². The van der Waals surface area contributed by atoms with Crippen molar-refractivity contribution in [3.8, 4) is 11.6 Å². The molecule has 0 aliphatic heterocycles. The van der Waals surface area contributed by atoms with Gasteiger partial charge in [0.05, 0.1) is 13.7 Å². The van der Waals surface area contributed by atoms with Crippen molar-refractivity contribution >= 4 is 29.9 Å². The van der Waals surface area contributed by atoms with Crippen LogP contribution in [0.2, 0.25) is 0 Å². The number of hydrogen-bond acceptors (Lipinski definition) is 4. The molecule has 27 heavy (non-hydrogen) atoms. The van der Waals surface area contributed by atoms with Crippen molar-refractivity contribution < 1.29 is 9.47 Å². The molecule has 0 radical (unpaired) electrons. The number of aromatic nitrogens is 1. The number of guanidine groups is 1. The summed E-state index contributed by atoms with van der Waals surface area (Å²) in [7, 11) is 3.42. The summed E-state index contributed by atoms with van der Waals surface area (Å²) in [5, 5.41) is 6.60. The van der Waals surface area contributed by atoms with E-state index in [1.54, 1.807) is 20.4 Å². The highest BCUT2D eigenvalue weighted by Gasteiger charge is 2.07. The van der Waals surface area contributed by atoms with Gasteiger partial charge in [-0.1, -0.05) is 37.6 Å². The molecule has 0 bridgehead atoms. The average Bonchev–Trinajstić information content (AvgIpc) is 2.69. The predicted octanol–water partition coefficient (Wildman–Crippen LogP) is 3.75. The van der Waals surface area contributed by atoms with Crippen LogP contribution in [0.3, 0.4) is 0 Å². The normalized spacial score (nSPS) is 10.7. The summed E-state index contributed by atoms with van der Waals surface area (Å²) in [6.45, 7) is 4.03. The first-order chi connectivity index (χ1) is 12.8. The zero-order valence-electron chi connectivity index (χ0n) is 16.2. The van der Waals surface area contributed by atoms with E-state index in [9.17, 15) is 0 Å². The van der Waals surface area contributed by atoms with E-state index < -0.39 is 0 Å². The molecule has 0 saturated heterocycles. The zero-order chi connectivity index (χ0) is 18.6. The number of unbranched alkanes of at least 4 members (excludes halogenated alkanes) is 1. The molecule has 2 rings (SSSR count). The molecule has 1 aromatic carbocycles. The monoisotopic (exact) mass is 484 g/mol. The molecule has 7 heteroatoms. The SMILES string of the molecule is CCCCOc1ncccc1CNC(=NC)NCc1ccccc1OC.I. The van der Waals surface area contributed by atoms with Crippen LogP contribution in [0.25, 0.3) is 0 Å². The average molecular weight is 484 g/mol. The molecule has 1 aromatic heterocycles. The molecule has 0 fully saturated rings. The van der Waals surface area contributed by atoms with Gasteiger partial charge in [0.1, 0.15) is 5.75 Å². The van der Waals surface area contributed by atoms with Crippen LogP contribution in [0.5, 0.6) is 11.6 Å².